The van der Waals surface area contributed by atoms with Crippen LogP contribution in [0.4, 0.5) is 10.1 Å². The van der Waals surface area contributed by atoms with E-state index in [-0.39, 0.29) is 5.54 Å². The second kappa shape index (κ2) is 7.31. The number of rotatable bonds is 3. The number of halogens is 2. The van der Waals surface area contributed by atoms with Gasteiger partial charge in [0, 0.05) is 29.4 Å². The lowest BCUT2D eigenvalue weighted by Crippen LogP contribution is -2.45. The van der Waals surface area contributed by atoms with Gasteiger partial charge in [-0.3, -0.25) is 4.79 Å². The summed E-state index contributed by atoms with van der Waals surface area (Å²) in [7, 11) is 2.08. The molecule has 27 heavy (non-hydrogen) atoms. The number of carbonyl (C=O) groups excluding carboxylic acids is 1. The molecule has 0 aliphatic carbocycles. The summed E-state index contributed by atoms with van der Waals surface area (Å²) in [5.41, 5.74) is 5.93. The van der Waals surface area contributed by atoms with Gasteiger partial charge in [-0.15, -0.1) is 0 Å². The van der Waals surface area contributed by atoms with Crippen LogP contribution in [0, 0.1) is 5.82 Å². The minimum absolute atomic E-state index is 0.0640. The first kappa shape index (κ1) is 19.4. The maximum Gasteiger partial charge on any atom is 0.271 e. The Morgan fingerprint density at radius 2 is 2.00 bits per heavy atom. The first-order chi connectivity index (χ1) is 12.7. The van der Waals surface area contributed by atoms with Crippen LogP contribution in [0.5, 0.6) is 0 Å². The number of nitrogens with one attached hydrogen (secondary N) is 1. The number of anilines is 1. The summed E-state index contributed by atoms with van der Waals surface area (Å²) in [4.78, 5) is 14.3. The van der Waals surface area contributed by atoms with Crippen molar-refractivity contribution >= 4 is 29.4 Å². The third-order valence-corrected chi connectivity index (χ3v) is 5.56. The maximum absolute atomic E-state index is 12.9. The van der Waals surface area contributed by atoms with Crippen LogP contribution in [0.1, 0.15) is 54.6 Å². The van der Waals surface area contributed by atoms with Crippen molar-refractivity contribution < 1.29 is 9.18 Å². The maximum atomic E-state index is 12.9. The molecule has 0 saturated heterocycles. The average Bonchev–Trinajstić information content (AvgIpc) is 2.61. The van der Waals surface area contributed by atoms with Gasteiger partial charge in [-0.25, -0.2) is 9.82 Å². The molecule has 142 valence electrons. The summed E-state index contributed by atoms with van der Waals surface area (Å²) in [6.45, 7) is 6.65. The fraction of sp³-hybridized carbons (Fsp3) is 0.333. The molecule has 1 N–H and O–H groups in total. The average molecular weight is 388 g/mol. The number of nitrogens with zero attached hydrogens (tertiary/aromatic N) is 2. The molecule has 6 heteroatoms. The molecule has 0 bridgehead atoms. The lowest BCUT2D eigenvalue weighted by Gasteiger charge is -2.45. The van der Waals surface area contributed by atoms with E-state index in [9.17, 15) is 9.18 Å². The fourth-order valence-electron chi connectivity index (χ4n) is 3.53. The number of fused-ring (bicyclic) bond motifs is 1. The highest BCUT2D eigenvalue weighted by Gasteiger charge is 2.34. The molecule has 1 heterocycles. The number of benzene rings is 2. The predicted octanol–water partition coefficient (Wildman–Crippen LogP) is 4.97. The van der Waals surface area contributed by atoms with Crippen molar-refractivity contribution in [2.75, 3.05) is 11.9 Å². The number of hydrogen-bond acceptors (Lipinski definition) is 3. The van der Waals surface area contributed by atoms with Gasteiger partial charge in [-0.05, 0) is 68.1 Å². The Hall–Kier alpha value is -2.40. The molecule has 1 amide bonds. The third-order valence-electron chi connectivity index (χ3n) is 5.23. The monoisotopic (exact) mass is 387 g/mol. The molecule has 0 spiro atoms. The van der Waals surface area contributed by atoms with E-state index < -0.39 is 11.7 Å². The molecule has 0 unspecified atom stereocenters. The summed E-state index contributed by atoms with van der Waals surface area (Å²) in [5, 5.41) is 4.58. The van der Waals surface area contributed by atoms with Gasteiger partial charge in [0.2, 0.25) is 0 Å². The van der Waals surface area contributed by atoms with E-state index in [1.54, 1.807) is 0 Å². The van der Waals surface area contributed by atoms with E-state index in [1.807, 2.05) is 12.1 Å². The quantitative estimate of drug-likeness (QED) is 0.597. The largest absolute Gasteiger partial charge is 0.369 e. The van der Waals surface area contributed by atoms with Crippen LogP contribution in [0.3, 0.4) is 0 Å². The van der Waals surface area contributed by atoms with Crippen LogP contribution >= 0.6 is 11.6 Å². The zero-order valence-corrected chi connectivity index (χ0v) is 16.6. The van der Waals surface area contributed by atoms with Crippen LogP contribution in [-0.4, -0.2) is 24.7 Å². The minimum Gasteiger partial charge on any atom is -0.369 e. The van der Waals surface area contributed by atoms with Crippen molar-refractivity contribution in [3.8, 4) is 0 Å². The van der Waals surface area contributed by atoms with Gasteiger partial charge in [0.05, 0.1) is 11.2 Å². The lowest BCUT2D eigenvalue weighted by molar-refractivity contribution is 0.0955. The summed E-state index contributed by atoms with van der Waals surface area (Å²) in [6, 6.07) is 9.27. The normalized spacial score (nSPS) is 18.4. The Kier molecular flexibility index (Phi) is 5.24. The van der Waals surface area contributed by atoms with Crippen molar-refractivity contribution in [3.05, 3.63) is 63.9 Å². The van der Waals surface area contributed by atoms with Crippen LogP contribution in [0.15, 0.2) is 41.5 Å². The topological polar surface area (TPSA) is 44.7 Å². The van der Waals surface area contributed by atoms with Crippen LogP contribution in [0.25, 0.3) is 0 Å². The molecule has 1 aliphatic heterocycles. The van der Waals surface area contributed by atoms with Gasteiger partial charge < -0.3 is 4.90 Å². The van der Waals surface area contributed by atoms with Crippen molar-refractivity contribution in [1.82, 2.24) is 5.43 Å². The van der Waals surface area contributed by atoms with Crippen molar-refractivity contribution in [3.63, 3.8) is 0 Å². The van der Waals surface area contributed by atoms with Gasteiger partial charge in [-0.2, -0.15) is 5.10 Å². The first-order valence-electron chi connectivity index (χ1n) is 8.85. The van der Waals surface area contributed by atoms with Gasteiger partial charge >= 0.3 is 0 Å². The summed E-state index contributed by atoms with van der Waals surface area (Å²) < 4.78 is 12.9. The molecule has 0 aromatic heterocycles. The minimum atomic E-state index is -0.407. The van der Waals surface area contributed by atoms with Gasteiger partial charge in [0.25, 0.3) is 5.91 Å². The van der Waals surface area contributed by atoms with Crippen molar-refractivity contribution in [2.45, 2.75) is 38.6 Å². The highest BCUT2D eigenvalue weighted by atomic mass is 35.5. The van der Waals surface area contributed by atoms with Gasteiger partial charge in [0.1, 0.15) is 5.82 Å². The van der Waals surface area contributed by atoms with E-state index in [4.69, 9.17) is 11.6 Å². The summed E-state index contributed by atoms with van der Waals surface area (Å²) in [6.07, 6.45) is 2.58. The number of hydrazone groups is 1. The number of amides is 1. The Bertz CT molecular complexity index is 893. The molecular weight excluding hydrogens is 365 g/mol. The van der Waals surface area contributed by atoms with Crippen LogP contribution in [-0.2, 0) is 0 Å². The second-order valence-electron chi connectivity index (χ2n) is 7.62. The van der Waals surface area contributed by atoms with Crippen molar-refractivity contribution in [1.29, 1.82) is 0 Å². The third kappa shape index (κ3) is 3.98. The zero-order valence-electron chi connectivity index (χ0n) is 15.9. The molecule has 1 atom stereocenters. The molecule has 2 aromatic rings. The predicted molar refractivity (Wildman–Crippen MR) is 108 cm³/mol. The SMILES string of the molecule is C[C@H]1CC(C)(C)N(C)c2cc(Cl)c(/C=N\NC(=O)c3ccc(F)cc3)cc21. The number of carbonyl (C=O) groups is 1. The first-order valence-corrected chi connectivity index (χ1v) is 9.23. The molecule has 0 radical (unpaired) electrons. The highest BCUT2D eigenvalue weighted by Crippen LogP contribution is 2.44. The molecule has 1 aliphatic rings. The Morgan fingerprint density at radius 3 is 2.67 bits per heavy atom. The van der Waals surface area contributed by atoms with Crippen LogP contribution in [0.2, 0.25) is 5.02 Å². The highest BCUT2D eigenvalue weighted by molar-refractivity contribution is 6.33. The zero-order chi connectivity index (χ0) is 19.8. The molecule has 2 aromatic carbocycles. The van der Waals surface area contributed by atoms with Crippen molar-refractivity contribution in [2.24, 2.45) is 5.10 Å². The summed E-state index contributed by atoms with van der Waals surface area (Å²) in [5.74, 6) is -0.405. The Balaban J connectivity index is 1.80. The molecule has 4 nitrogen and oxygen atoms in total. The molecule has 3 rings (SSSR count). The smallest absolute Gasteiger partial charge is 0.271 e. The Morgan fingerprint density at radius 1 is 1.33 bits per heavy atom. The molecule has 0 saturated carbocycles. The number of hydrogen-bond donors (Lipinski definition) is 1. The van der Waals surface area contributed by atoms with Crippen LogP contribution < -0.4 is 10.3 Å². The summed E-state index contributed by atoms with van der Waals surface area (Å²) >= 11 is 6.44. The van der Waals surface area contributed by atoms with E-state index in [2.05, 4.69) is 43.2 Å². The fourth-order valence-corrected chi connectivity index (χ4v) is 3.74. The lowest BCUT2D eigenvalue weighted by atomic mass is 9.80. The van der Waals surface area contributed by atoms with E-state index in [1.165, 1.54) is 36.0 Å². The molecule has 0 fully saturated rings. The standard InChI is InChI=1S/C21H23ClFN3O/c1-13-11-21(2,3)26(4)19-10-18(22)15(9-17(13)19)12-24-25-20(27)14-5-7-16(23)8-6-14/h5-10,12-13H,11H2,1-4H3,(H,25,27)/b24-12-/t13-/m0/s1. The second-order valence-corrected chi connectivity index (χ2v) is 8.02. The molecular formula is C21H23ClFN3O. The van der Waals surface area contributed by atoms with E-state index in [0.29, 0.717) is 16.5 Å². The van der Waals surface area contributed by atoms with E-state index >= 15 is 0 Å². The van der Waals surface area contributed by atoms with Gasteiger partial charge in [-0.1, -0.05) is 18.5 Å². The Labute approximate surface area is 164 Å². The van der Waals surface area contributed by atoms with E-state index in [0.717, 1.165) is 17.7 Å². The van der Waals surface area contributed by atoms with Gasteiger partial charge in [0.15, 0.2) is 0 Å².